The molecular weight excluding hydrogens is 790 g/mol. The monoisotopic (exact) mass is 835 g/mol. The van der Waals surface area contributed by atoms with Crippen LogP contribution in [0.2, 0.25) is 5.02 Å². The molecule has 0 bridgehead atoms. The number of nitrogens with one attached hydrogen (secondary N) is 2. The standard InChI is InChI=1S/C44H46ClN7O4S2/c1-50(2)23-22-35(29-57-37-9-4-3-5-10-37)48-41-19-17-38(28-43(41)52(53)54)58(55,56)49-44-40-18-16-36(27-42(40)46-30-47-44)51-24-20-31(21-25-51)26-33-8-6-7-11-39(33)32-12-14-34(45)15-13-32/h3-19,27-28,30-31,35,48H,20-26,29H2,1-2H3,(H,46,47,49). The number of thioether (sulfide) groups is 1. The van der Waals surface area contributed by atoms with E-state index in [4.69, 9.17) is 11.6 Å². The van der Waals surface area contributed by atoms with E-state index in [-0.39, 0.29) is 28.1 Å². The fraction of sp³-hybridized carbons (Fsp3) is 0.273. The summed E-state index contributed by atoms with van der Waals surface area (Å²) in [6, 6.07) is 36.1. The zero-order chi connectivity index (χ0) is 40.6. The summed E-state index contributed by atoms with van der Waals surface area (Å²) < 4.78 is 30.1. The van der Waals surface area contributed by atoms with E-state index in [1.165, 1.54) is 29.6 Å². The molecule has 58 heavy (non-hydrogen) atoms. The number of sulfonamides is 1. The molecule has 1 aliphatic heterocycles. The second-order valence-electron chi connectivity index (χ2n) is 14.8. The quantitative estimate of drug-likeness (QED) is 0.0552. The van der Waals surface area contributed by atoms with Crippen molar-refractivity contribution in [3.05, 3.63) is 142 Å². The number of hydrogen-bond acceptors (Lipinski definition) is 10. The average molecular weight is 836 g/mol. The fourth-order valence-corrected chi connectivity index (χ4v) is 9.49. The summed E-state index contributed by atoms with van der Waals surface area (Å²) in [6.45, 7) is 2.54. The van der Waals surface area contributed by atoms with Crippen LogP contribution in [0.4, 0.5) is 22.9 Å². The Kier molecular flexibility index (Phi) is 13.1. The molecule has 1 fully saturated rings. The molecule has 1 aliphatic rings. The number of piperidine rings is 1. The molecule has 6 aromatic rings. The van der Waals surface area contributed by atoms with Crippen LogP contribution in [0.25, 0.3) is 22.0 Å². The lowest BCUT2D eigenvalue weighted by atomic mass is 9.87. The maximum Gasteiger partial charge on any atom is 0.293 e. The summed E-state index contributed by atoms with van der Waals surface area (Å²) in [5.41, 5.74) is 5.26. The number of benzene rings is 5. The lowest BCUT2D eigenvalue weighted by molar-refractivity contribution is -0.384. The van der Waals surface area contributed by atoms with Crippen LogP contribution in [-0.4, -0.2) is 73.7 Å². The number of anilines is 3. The van der Waals surface area contributed by atoms with Crippen molar-refractivity contribution in [1.82, 2.24) is 14.9 Å². The minimum absolute atomic E-state index is 0.0983. The topological polar surface area (TPSA) is 134 Å². The Morgan fingerprint density at radius 2 is 1.67 bits per heavy atom. The van der Waals surface area contributed by atoms with Crippen LogP contribution in [0.15, 0.2) is 131 Å². The van der Waals surface area contributed by atoms with E-state index in [2.05, 4.69) is 66.2 Å². The number of nitro groups is 1. The van der Waals surface area contributed by atoms with Gasteiger partial charge in [0.05, 0.1) is 15.3 Å². The molecule has 0 saturated carbocycles. The van der Waals surface area contributed by atoms with Gasteiger partial charge in [-0.2, -0.15) is 0 Å². The highest BCUT2D eigenvalue weighted by molar-refractivity contribution is 7.99. The Balaban J connectivity index is 1.02. The highest BCUT2D eigenvalue weighted by Crippen LogP contribution is 2.34. The maximum absolute atomic E-state index is 13.7. The first-order valence-corrected chi connectivity index (χ1v) is 22.1. The number of halogens is 1. The fourth-order valence-electron chi connectivity index (χ4n) is 7.32. The smallest absolute Gasteiger partial charge is 0.293 e. The third-order valence-electron chi connectivity index (χ3n) is 10.5. The van der Waals surface area contributed by atoms with Gasteiger partial charge in [-0.25, -0.2) is 18.4 Å². The predicted octanol–water partition coefficient (Wildman–Crippen LogP) is 9.64. The van der Waals surface area contributed by atoms with Gasteiger partial charge in [-0.3, -0.25) is 14.8 Å². The zero-order valence-corrected chi connectivity index (χ0v) is 34.8. The van der Waals surface area contributed by atoms with E-state index in [9.17, 15) is 18.5 Å². The van der Waals surface area contributed by atoms with Crippen LogP contribution < -0.4 is 14.9 Å². The summed E-state index contributed by atoms with van der Waals surface area (Å²) in [5.74, 6) is 1.30. The molecule has 11 nitrogen and oxygen atoms in total. The van der Waals surface area contributed by atoms with Gasteiger partial charge in [-0.05, 0) is 124 Å². The van der Waals surface area contributed by atoms with Gasteiger partial charge in [0, 0.05) is 51.9 Å². The van der Waals surface area contributed by atoms with Crippen molar-refractivity contribution in [2.45, 2.75) is 41.5 Å². The van der Waals surface area contributed by atoms with Gasteiger partial charge in [0.1, 0.15) is 12.0 Å². The van der Waals surface area contributed by atoms with E-state index in [0.717, 1.165) is 72.6 Å². The second-order valence-corrected chi connectivity index (χ2v) is 18.0. The van der Waals surface area contributed by atoms with Gasteiger partial charge in [0.15, 0.2) is 5.82 Å². The Morgan fingerprint density at radius 1 is 0.931 bits per heavy atom. The van der Waals surface area contributed by atoms with Gasteiger partial charge in [0.25, 0.3) is 15.7 Å². The van der Waals surface area contributed by atoms with Crippen molar-refractivity contribution in [3.8, 4) is 11.1 Å². The molecule has 0 aliphatic carbocycles. The Labute approximate surface area is 349 Å². The first-order chi connectivity index (χ1) is 28.0. The first-order valence-electron chi connectivity index (χ1n) is 19.3. The number of nitrogens with zero attached hydrogens (tertiary/aromatic N) is 5. The average Bonchev–Trinajstić information content (AvgIpc) is 3.23. The Hall–Kier alpha value is -5.21. The molecule has 1 unspecified atom stereocenters. The number of hydrogen-bond donors (Lipinski definition) is 2. The number of aromatic nitrogens is 2. The Morgan fingerprint density at radius 3 is 2.41 bits per heavy atom. The molecule has 14 heteroatoms. The molecule has 7 rings (SSSR count). The first kappa shape index (κ1) is 41.0. The van der Waals surface area contributed by atoms with Gasteiger partial charge in [-0.15, -0.1) is 11.8 Å². The van der Waals surface area contributed by atoms with Crippen LogP contribution in [0.1, 0.15) is 24.8 Å². The summed E-state index contributed by atoms with van der Waals surface area (Å²) in [4.78, 5) is 25.7. The molecule has 0 radical (unpaired) electrons. The lowest BCUT2D eigenvalue weighted by Gasteiger charge is -2.34. The van der Waals surface area contributed by atoms with E-state index in [0.29, 0.717) is 22.6 Å². The largest absolute Gasteiger partial charge is 0.376 e. The molecule has 1 aromatic heterocycles. The third-order valence-corrected chi connectivity index (χ3v) is 13.2. The second kappa shape index (κ2) is 18.6. The maximum atomic E-state index is 13.7. The van der Waals surface area contributed by atoms with Crippen LogP contribution in [0.5, 0.6) is 0 Å². The molecular formula is C44H46ClN7O4S2. The minimum atomic E-state index is -4.26. The van der Waals surface area contributed by atoms with Crippen molar-refractivity contribution >= 4 is 67.2 Å². The number of nitro benzene ring substituents is 1. The van der Waals surface area contributed by atoms with E-state index < -0.39 is 14.9 Å². The van der Waals surface area contributed by atoms with E-state index in [1.54, 1.807) is 11.8 Å². The van der Waals surface area contributed by atoms with Gasteiger partial charge in [0.2, 0.25) is 0 Å². The van der Waals surface area contributed by atoms with Crippen LogP contribution in [0.3, 0.4) is 0 Å². The summed E-state index contributed by atoms with van der Waals surface area (Å²) in [5, 5.41) is 16.9. The normalized spacial score (nSPS) is 14.1. The van der Waals surface area contributed by atoms with Crippen molar-refractivity contribution < 1.29 is 13.3 Å². The molecule has 1 atom stereocenters. The van der Waals surface area contributed by atoms with Gasteiger partial charge >= 0.3 is 0 Å². The zero-order valence-electron chi connectivity index (χ0n) is 32.4. The highest BCUT2D eigenvalue weighted by Gasteiger charge is 2.26. The lowest BCUT2D eigenvalue weighted by Crippen LogP contribution is -2.34. The Bertz CT molecular complexity index is 2470. The summed E-state index contributed by atoms with van der Waals surface area (Å²) >= 11 is 7.81. The molecule has 0 amide bonds. The van der Waals surface area contributed by atoms with Crippen molar-refractivity contribution in [2.75, 3.05) is 54.4 Å². The summed E-state index contributed by atoms with van der Waals surface area (Å²) in [6.07, 6.45) is 5.12. The summed E-state index contributed by atoms with van der Waals surface area (Å²) in [7, 11) is -0.302. The van der Waals surface area contributed by atoms with Crippen LogP contribution in [-0.2, 0) is 16.4 Å². The highest BCUT2D eigenvalue weighted by atomic mass is 35.5. The van der Waals surface area contributed by atoms with Crippen LogP contribution in [0, 0.1) is 16.0 Å². The predicted molar refractivity (Wildman–Crippen MR) is 237 cm³/mol. The molecule has 1 saturated heterocycles. The molecule has 0 spiro atoms. The number of fused-ring (bicyclic) bond motifs is 1. The van der Waals surface area contributed by atoms with Crippen molar-refractivity contribution in [3.63, 3.8) is 0 Å². The van der Waals surface area contributed by atoms with Crippen molar-refractivity contribution in [1.29, 1.82) is 0 Å². The van der Waals surface area contributed by atoms with E-state index in [1.807, 2.05) is 74.8 Å². The molecule has 2 N–H and O–H groups in total. The SMILES string of the molecule is CN(C)CCC(CSc1ccccc1)Nc1ccc(S(=O)(=O)Nc2ncnc3cc(N4CCC(Cc5ccccc5-c5ccc(Cl)cc5)CC4)ccc23)cc1[N+](=O)[O-]. The molecule has 5 aromatic carbocycles. The number of rotatable bonds is 16. The minimum Gasteiger partial charge on any atom is -0.376 e. The van der Waals surface area contributed by atoms with Gasteiger partial charge in [-0.1, -0.05) is 66.2 Å². The van der Waals surface area contributed by atoms with Crippen molar-refractivity contribution in [2.24, 2.45) is 5.92 Å². The molecule has 2 heterocycles. The van der Waals surface area contributed by atoms with E-state index >= 15 is 0 Å². The molecule has 300 valence electrons. The third kappa shape index (κ3) is 10.3. The van der Waals surface area contributed by atoms with Gasteiger partial charge < -0.3 is 15.1 Å². The van der Waals surface area contributed by atoms with Crippen LogP contribution >= 0.6 is 23.4 Å².